The molecular weight excluding hydrogens is 909 g/mol. The number of fused-ring (bicyclic) bond motifs is 1. The van der Waals surface area contributed by atoms with Gasteiger partial charge in [-0.05, 0) is 97.8 Å². The minimum absolute atomic E-state index is 0.0442. The zero-order chi connectivity index (χ0) is 49.1. The van der Waals surface area contributed by atoms with Crippen LogP contribution in [0, 0.1) is 5.92 Å². The summed E-state index contributed by atoms with van der Waals surface area (Å²) in [6, 6.07) is 46.5. The monoisotopic (exact) mass is 958 g/mol. The Morgan fingerprint density at radius 1 is 0.535 bits per heavy atom. The lowest BCUT2D eigenvalue weighted by Crippen LogP contribution is -2.63. The van der Waals surface area contributed by atoms with Crippen molar-refractivity contribution in [1.82, 2.24) is 0 Å². The Balaban J connectivity index is 1.12. The predicted molar refractivity (Wildman–Crippen MR) is 258 cm³/mol. The number of rotatable bonds is 16. The third kappa shape index (κ3) is 11.8. The molecule has 14 nitrogen and oxygen atoms in total. The van der Waals surface area contributed by atoms with E-state index in [1.165, 1.54) is 42.5 Å². The van der Waals surface area contributed by atoms with Gasteiger partial charge in [-0.15, -0.1) is 0 Å². The zero-order valence-corrected chi connectivity index (χ0v) is 38.7. The standard InChI is InChI=1S/C57H50O14/c1-36-27-29-42(30-28-36)65-50-47(63-34-37-17-7-2-8-18-37)44-32-31-43(33-45(44)67-56(50)62)66-57-51(71-55(61)41-25-15-6-16-26-41)49(70-54(60)40-23-13-5-14-24-40)48(69-53(59)39-21-11-4-12-22-39)46(68-57)35-64-52(58)38-19-9-3-10-20-38/h2-26,31-33,36,42,46,48-49,51,57H,27-30,34-35H2,1H3/t36-,42-,46-,48-,49+,51-,57-/m1/s1. The summed E-state index contributed by atoms with van der Waals surface area (Å²) >= 11 is 0. The highest BCUT2D eigenvalue weighted by Gasteiger charge is 2.54. The van der Waals surface area contributed by atoms with E-state index in [4.69, 9.17) is 42.3 Å². The molecule has 2 heterocycles. The van der Waals surface area contributed by atoms with Crippen LogP contribution in [0.3, 0.4) is 0 Å². The third-order valence-electron chi connectivity index (χ3n) is 12.3. The molecule has 1 aliphatic heterocycles. The van der Waals surface area contributed by atoms with E-state index in [1.807, 2.05) is 30.3 Å². The van der Waals surface area contributed by atoms with Gasteiger partial charge in [-0.25, -0.2) is 24.0 Å². The highest BCUT2D eigenvalue weighted by atomic mass is 16.7. The van der Waals surface area contributed by atoms with Crippen molar-refractivity contribution >= 4 is 34.8 Å². The third-order valence-corrected chi connectivity index (χ3v) is 12.3. The van der Waals surface area contributed by atoms with Crippen molar-refractivity contribution in [3.05, 3.63) is 208 Å². The first kappa shape index (κ1) is 47.8. The molecule has 0 spiro atoms. The first-order chi connectivity index (χ1) is 34.7. The van der Waals surface area contributed by atoms with Crippen molar-refractivity contribution in [1.29, 1.82) is 0 Å². The molecule has 1 aliphatic carbocycles. The van der Waals surface area contributed by atoms with Crippen LogP contribution in [-0.4, -0.2) is 67.3 Å². The molecule has 0 unspecified atom stereocenters. The van der Waals surface area contributed by atoms with Gasteiger partial charge in [0.15, 0.2) is 18.0 Å². The fourth-order valence-electron chi connectivity index (χ4n) is 8.45. The van der Waals surface area contributed by atoms with Gasteiger partial charge >= 0.3 is 29.5 Å². The molecular formula is C57H50O14. The highest BCUT2D eigenvalue weighted by molar-refractivity contribution is 5.92. The number of ether oxygens (including phenoxy) is 8. The van der Waals surface area contributed by atoms with Crippen molar-refractivity contribution in [2.24, 2.45) is 5.92 Å². The molecule has 9 rings (SSSR count). The molecule has 0 bridgehead atoms. The maximum absolute atomic E-state index is 14.1. The lowest BCUT2D eigenvalue weighted by Gasteiger charge is -2.44. The molecule has 0 radical (unpaired) electrons. The minimum atomic E-state index is -1.67. The summed E-state index contributed by atoms with van der Waals surface area (Å²) in [5.74, 6) is -2.57. The number of benzene rings is 6. The summed E-state index contributed by atoms with van der Waals surface area (Å²) in [5.41, 5.74) is 0.774. The Labute approximate surface area is 408 Å². The Morgan fingerprint density at radius 2 is 1.03 bits per heavy atom. The van der Waals surface area contributed by atoms with Crippen molar-refractivity contribution in [2.75, 3.05) is 6.61 Å². The summed E-state index contributed by atoms with van der Waals surface area (Å²) in [7, 11) is 0. The van der Waals surface area contributed by atoms with Crippen LogP contribution in [0.25, 0.3) is 11.0 Å². The molecule has 1 saturated carbocycles. The van der Waals surface area contributed by atoms with E-state index in [-0.39, 0.29) is 57.8 Å². The number of hydrogen-bond donors (Lipinski definition) is 0. The van der Waals surface area contributed by atoms with E-state index in [1.54, 1.807) is 97.1 Å². The number of carbonyl (C=O) groups is 4. The summed E-state index contributed by atoms with van der Waals surface area (Å²) in [4.78, 5) is 69.6. The van der Waals surface area contributed by atoms with Gasteiger partial charge in [0, 0.05) is 6.07 Å². The molecule has 71 heavy (non-hydrogen) atoms. The second-order valence-electron chi connectivity index (χ2n) is 17.3. The van der Waals surface area contributed by atoms with Crippen molar-refractivity contribution in [3.8, 4) is 17.2 Å². The molecule has 2 aliphatic rings. The van der Waals surface area contributed by atoms with Crippen LogP contribution < -0.4 is 19.8 Å². The minimum Gasteiger partial charge on any atom is -0.484 e. The number of esters is 4. The fraction of sp³-hybridized carbons (Fsp3) is 0.246. The zero-order valence-electron chi connectivity index (χ0n) is 38.7. The van der Waals surface area contributed by atoms with Crippen LogP contribution in [-0.2, 0) is 30.3 Å². The van der Waals surface area contributed by atoms with Crippen molar-refractivity contribution < 1.29 is 61.5 Å². The van der Waals surface area contributed by atoms with Crippen LogP contribution in [0.4, 0.5) is 0 Å². The van der Waals surface area contributed by atoms with Crippen LogP contribution in [0.15, 0.2) is 179 Å². The molecule has 5 atom stereocenters. The average molecular weight is 959 g/mol. The van der Waals surface area contributed by atoms with E-state index in [0.717, 1.165) is 31.2 Å². The second-order valence-corrected chi connectivity index (χ2v) is 17.3. The second kappa shape index (κ2) is 22.5. The molecule has 14 heteroatoms. The molecule has 7 aromatic rings. The van der Waals surface area contributed by atoms with E-state index >= 15 is 0 Å². The molecule has 0 amide bonds. The van der Waals surface area contributed by atoms with Gasteiger partial charge in [0.05, 0.1) is 33.7 Å². The normalized spacial score (nSPS) is 20.7. The van der Waals surface area contributed by atoms with Gasteiger partial charge in [0.1, 0.15) is 30.7 Å². The lowest BCUT2D eigenvalue weighted by molar-refractivity contribution is -0.275. The average Bonchev–Trinajstić information content (AvgIpc) is 3.41. The predicted octanol–water partition coefficient (Wildman–Crippen LogP) is 9.97. The van der Waals surface area contributed by atoms with E-state index < -0.39 is 66.8 Å². The van der Waals surface area contributed by atoms with Gasteiger partial charge in [0.25, 0.3) is 0 Å². The van der Waals surface area contributed by atoms with Gasteiger partial charge in [0.2, 0.25) is 18.1 Å². The van der Waals surface area contributed by atoms with E-state index in [2.05, 4.69) is 6.92 Å². The fourth-order valence-corrected chi connectivity index (χ4v) is 8.45. The van der Waals surface area contributed by atoms with E-state index in [9.17, 15) is 24.0 Å². The smallest absolute Gasteiger partial charge is 0.383 e. The molecule has 2 fully saturated rings. The summed E-state index contributed by atoms with van der Waals surface area (Å²) in [6.07, 6.45) is -4.79. The molecule has 362 valence electrons. The van der Waals surface area contributed by atoms with Crippen LogP contribution in [0.1, 0.15) is 79.6 Å². The molecule has 1 aromatic heterocycles. The largest absolute Gasteiger partial charge is 0.484 e. The quantitative estimate of drug-likeness (QED) is 0.0509. The van der Waals surface area contributed by atoms with E-state index in [0.29, 0.717) is 11.3 Å². The molecule has 6 aromatic carbocycles. The Hall–Kier alpha value is -8.23. The Bertz CT molecular complexity index is 2980. The summed E-state index contributed by atoms with van der Waals surface area (Å²) in [6.45, 7) is 1.76. The van der Waals surface area contributed by atoms with Crippen LogP contribution in [0.2, 0.25) is 0 Å². The first-order valence-electron chi connectivity index (χ1n) is 23.4. The molecule has 0 N–H and O–H groups in total. The van der Waals surface area contributed by atoms with Gasteiger partial charge in [-0.1, -0.05) is 110 Å². The SMILES string of the molecule is C[C@H]1CC[C@H](Oc2c(OCc3ccccc3)c3ccc(O[C@@H]4O[C@H](COC(=O)c5ccccc5)[C@@H](OC(=O)c5ccccc5)[C@H](OC(=O)c5ccccc5)[C@H]4OC(=O)c4ccccc4)cc3oc2=O)CC1. The van der Waals surface area contributed by atoms with Gasteiger partial charge < -0.3 is 42.3 Å². The number of hydrogen-bond acceptors (Lipinski definition) is 14. The maximum Gasteiger partial charge on any atom is 0.383 e. The lowest BCUT2D eigenvalue weighted by atomic mass is 9.89. The van der Waals surface area contributed by atoms with Crippen molar-refractivity contribution in [2.45, 2.75) is 76.0 Å². The Kier molecular flexibility index (Phi) is 15.1. The van der Waals surface area contributed by atoms with Gasteiger partial charge in [-0.3, -0.25) is 0 Å². The summed E-state index contributed by atoms with van der Waals surface area (Å²) in [5, 5.41) is 0.400. The van der Waals surface area contributed by atoms with Crippen molar-refractivity contribution in [3.63, 3.8) is 0 Å². The van der Waals surface area contributed by atoms with Crippen LogP contribution >= 0.6 is 0 Å². The van der Waals surface area contributed by atoms with Gasteiger partial charge in [-0.2, -0.15) is 0 Å². The first-order valence-corrected chi connectivity index (χ1v) is 23.4. The Morgan fingerprint density at radius 3 is 1.58 bits per heavy atom. The molecule has 1 saturated heterocycles. The summed E-state index contributed by atoms with van der Waals surface area (Å²) < 4.78 is 56.2. The van der Waals surface area contributed by atoms with Crippen LogP contribution in [0.5, 0.6) is 17.2 Å². The number of carbonyl (C=O) groups excluding carboxylic acids is 4. The highest BCUT2D eigenvalue weighted by Crippen LogP contribution is 2.39. The maximum atomic E-state index is 14.1. The topological polar surface area (TPSA) is 172 Å².